The van der Waals surface area contributed by atoms with Crippen LogP contribution in [0, 0.1) is 19.3 Å². The largest absolute Gasteiger partial charge is 0.475 e. The molecule has 0 saturated carbocycles. The van der Waals surface area contributed by atoms with Gasteiger partial charge in [0.05, 0.1) is 23.6 Å². The fraction of sp³-hybridized carbons (Fsp3) is 0.280. The van der Waals surface area contributed by atoms with Crippen LogP contribution in [0.3, 0.4) is 0 Å². The molecule has 0 saturated heterocycles. The number of anilines is 1. The van der Waals surface area contributed by atoms with E-state index in [1.54, 1.807) is 45.2 Å². The van der Waals surface area contributed by atoms with E-state index in [2.05, 4.69) is 30.4 Å². The van der Waals surface area contributed by atoms with Crippen LogP contribution in [0.15, 0.2) is 42.9 Å². The maximum atomic E-state index is 13.0. The van der Waals surface area contributed by atoms with Gasteiger partial charge in [-0.15, -0.1) is 24.0 Å². The van der Waals surface area contributed by atoms with E-state index in [0.717, 1.165) is 17.8 Å². The van der Waals surface area contributed by atoms with Crippen molar-refractivity contribution < 1.29 is 22.6 Å². The van der Waals surface area contributed by atoms with E-state index >= 15 is 0 Å². The molecule has 3 aromatic heterocycles. The number of hydrogen-bond acceptors (Lipinski definition) is 9. The van der Waals surface area contributed by atoms with Crippen LogP contribution in [-0.4, -0.2) is 56.3 Å². The Morgan fingerprint density at radius 3 is 2.46 bits per heavy atom. The average molecular weight is 654 g/mol. The molecule has 0 atom stereocenters. The van der Waals surface area contributed by atoms with Gasteiger partial charge in [0, 0.05) is 31.8 Å². The number of aryl methyl sites for hydroxylation is 2. The highest BCUT2D eigenvalue weighted by atomic mass is 127. The van der Waals surface area contributed by atoms with Gasteiger partial charge in [0.1, 0.15) is 24.3 Å². The van der Waals surface area contributed by atoms with Gasteiger partial charge in [-0.05, 0) is 37.6 Å². The number of rotatable bonds is 10. The third-order valence-electron chi connectivity index (χ3n) is 5.54. The monoisotopic (exact) mass is 654 g/mol. The second-order valence-electron chi connectivity index (χ2n) is 8.22. The van der Waals surface area contributed by atoms with Crippen molar-refractivity contribution in [3.63, 3.8) is 0 Å². The summed E-state index contributed by atoms with van der Waals surface area (Å²) in [6.07, 6.45) is -0.461. The van der Waals surface area contributed by atoms with Gasteiger partial charge in [0.2, 0.25) is 5.88 Å². The summed E-state index contributed by atoms with van der Waals surface area (Å²) in [5, 5.41) is 14.6. The maximum absolute atomic E-state index is 13.0. The van der Waals surface area contributed by atoms with Crippen LogP contribution in [0.2, 0.25) is 0 Å². The molecule has 0 aliphatic rings. The van der Waals surface area contributed by atoms with Gasteiger partial charge in [0.15, 0.2) is 11.5 Å². The predicted octanol–water partition coefficient (Wildman–Crippen LogP) is 5.01. The molecule has 1 aromatic carbocycles. The molecule has 2 N–H and O–H groups in total. The molecule has 0 unspecified atom stereocenters. The number of nitrogens with zero attached hydrogens (tertiary/aromatic N) is 6. The zero-order chi connectivity index (χ0) is 27.3. The lowest BCUT2D eigenvalue weighted by molar-refractivity contribution is -0.141. The summed E-state index contributed by atoms with van der Waals surface area (Å²) >= 11 is 0. The van der Waals surface area contributed by atoms with Gasteiger partial charge in [0.25, 0.3) is 0 Å². The van der Waals surface area contributed by atoms with Crippen LogP contribution in [0.4, 0.5) is 19.0 Å². The second kappa shape index (κ2) is 12.9. The van der Waals surface area contributed by atoms with Crippen molar-refractivity contribution in [3.05, 3.63) is 71.1 Å². The maximum Gasteiger partial charge on any atom is 0.435 e. The zero-order valence-corrected chi connectivity index (χ0v) is 23.6. The predicted molar refractivity (Wildman–Crippen MR) is 149 cm³/mol. The van der Waals surface area contributed by atoms with Crippen LogP contribution < -0.4 is 10.1 Å². The third kappa shape index (κ3) is 7.06. The van der Waals surface area contributed by atoms with Crippen molar-refractivity contribution in [1.29, 1.82) is 5.41 Å². The fourth-order valence-electron chi connectivity index (χ4n) is 3.61. The van der Waals surface area contributed by atoms with E-state index < -0.39 is 11.9 Å². The first-order valence-electron chi connectivity index (χ1n) is 11.5. The van der Waals surface area contributed by atoms with E-state index in [1.165, 1.54) is 17.2 Å². The van der Waals surface area contributed by atoms with E-state index in [0.29, 0.717) is 58.9 Å². The molecule has 0 fully saturated rings. The number of methoxy groups -OCH3 is 1. The minimum absolute atomic E-state index is 0. The van der Waals surface area contributed by atoms with Gasteiger partial charge in [-0.1, -0.05) is 12.1 Å². The summed E-state index contributed by atoms with van der Waals surface area (Å²) in [5.41, 5.74) is 2.40. The summed E-state index contributed by atoms with van der Waals surface area (Å²) in [7, 11) is 1.57. The van der Waals surface area contributed by atoms with Crippen molar-refractivity contribution >= 4 is 36.0 Å². The van der Waals surface area contributed by atoms with Gasteiger partial charge in [-0.3, -0.25) is 0 Å². The molecule has 3 heterocycles. The molecule has 4 aromatic rings. The molecule has 4 rings (SSSR count). The number of ether oxygens (including phenoxy) is 2. The zero-order valence-electron chi connectivity index (χ0n) is 21.3. The molecule has 10 nitrogen and oxygen atoms in total. The van der Waals surface area contributed by atoms with Crippen molar-refractivity contribution in [3.8, 4) is 23.0 Å². The number of hydrogen-bond donors (Lipinski definition) is 2. The van der Waals surface area contributed by atoms with Crippen LogP contribution in [0.1, 0.15) is 28.2 Å². The lowest BCUT2D eigenvalue weighted by Gasteiger charge is -2.13. The quantitative estimate of drug-likeness (QED) is 0.139. The number of aromatic nitrogens is 6. The molecule has 0 bridgehead atoms. The van der Waals surface area contributed by atoms with Gasteiger partial charge in [-0.2, -0.15) is 18.3 Å². The summed E-state index contributed by atoms with van der Waals surface area (Å²) in [6, 6.07) is 7.94. The first kappa shape index (κ1) is 29.9. The highest BCUT2D eigenvalue weighted by Crippen LogP contribution is 2.30. The Morgan fingerprint density at radius 2 is 1.82 bits per heavy atom. The summed E-state index contributed by atoms with van der Waals surface area (Å²) in [5.74, 6) is 1.06. The topological polar surface area (TPSA) is 124 Å². The SMILES string of the molecule is COCCOc1ncnc(C)c1-c1ncc(C=N)c(NCc2ccc(-n3nc(C(F)(F)F)cc3C)cc2)n1.I. The lowest BCUT2D eigenvalue weighted by atomic mass is 10.2. The number of halogens is 4. The van der Waals surface area contributed by atoms with E-state index in [4.69, 9.17) is 14.9 Å². The van der Waals surface area contributed by atoms with E-state index in [-0.39, 0.29) is 30.6 Å². The van der Waals surface area contributed by atoms with Gasteiger partial charge < -0.3 is 20.2 Å². The summed E-state index contributed by atoms with van der Waals surface area (Å²) in [6.45, 7) is 4.36. The van der Waals surface area contributed by atoms with Gasteiger partial charge >= 0.3 is 6.18 Å². The van der Waals surface area contributed by atoms with Crippen LogP contribution in [0.25, 0.3) is 17.1 Å². The Kier molecular flexibility index (Phi) is 9.91. The van der Waals surface area contributed by atoms with E-state index in [1.807, 2.05) is 0 Å². The molecule has 0 radical (unpaired) electrons. The minimum atomic E-state index is -4.51. The molecule has 14 heteroatoms. The van der Waals surface area contributed by atoms with Crippen molar-refractivity contribution in [2.24, 2.45) is 0 Å². The Hall–Kier alpha value is -3.66. The van der Waals surface area contributed by atoms with Crippen LogP contribution in [0.5, 0.6) is 5.88 Å². The van der Waals surface area contributed by atoms with Crippen molar-refractivity contribution in [2.45, 2.75) is 26.6 Å². The Bertz CT molecular complexity index is 1430. The van der Waals surface area contributed by atoms with Crippen molar-refractivity contribution in [2.75, 3.05) is 25.6 Å². The average Bonchev–Trinajstić information content (AvgIpc) is 3.30. The minimum Gasteiger partial charge on any atom is -0.475 e. The normalized spacial score (nSPS) is 11.1. The Morgan fingerprint density at radius 1 is 1.08 bits per heavy atom. The fourth-order valence-corrected chi connectivity index (χ4v) is 3.61. The Labute approximate surface area is 239 Å². The Balaban J connectivity index is 0.00000420. The molecule has 0 aliphatic carbocycles. The summed E-state index contributed by atoms with van der Waals surface area (Å²) in [4.78, 5) is 17.4. The smallest absolute Gasteiger partial charge is 0.435 e. The number of nitrogens with one attached hydrogen (secondary N) is 2. The second-order valence-corrected chi connectivity index (χ2v) is 8.22. The molecule has 206 valence electrons. The first-order chi connectivity index (χ1) is 18.2. The molecule has 0 aliphatic heterocycles. The molecular weight excluding hydrogens is 628 g/mol. The van der Waals surface area contributed by atoms with Crippen LogP contribution in [-0.2, 0) is 17.5 Å². The molecule has 0 amide bonds. The molecule has 39 heavy (non-hydrogen) atoms. The number of alkyl halides is 3. The van der Waals surface area contributed by atoms with E-state index in [9.17, 15) is 13.2 Å². The lowest BCUT2D eigenvalue weighted by Crippen LogP contribution is -2.10. The standard InChI is InChI=1S/C25H25F3N8O2.HI/c1-15-10-20(25(26,27)28)35-36(15)19-6-4-17(5-7-19)12-30-22-18(11-29)13-31-23(34-22)21-16(2)32-14-33-24(21)38-9-8-37-3;/h4-7,10-11,13-14,29H,8-9,12H2,1-3H3,(H,30,31,34);1H. The third-order valence-corrected chi connectivity index (χ3v) is 5.54. The molecule has 0 spiro atoms. The highest BCUT2D eigenvalue weighted by molar-refractivity contribution is 14.0. The van der Waals surface area contributed by atoms with Gasteiger partial charge in [-0.25, -0.2) is 24.6 Å². The van der Waals surface area contributed by atoms with Crippen LogP contribution >= 0.6 is 24.0 Å². The highest BCUT2D eigenvalue weighted by Gasteiger charge is 2.34. The summed E-state index contributed by atoms with van der Waals surface area (Å²) < 4.78 is 51.0. The molecular formula is C25H26F3IN8O2. The number of benzene rings is 1. The van der Waals surface area contributed by atoms with Crippen molar-refractivity contribution in [1.82, 2.24) is 29.7 Å². The first-order valence-corrected chi connectivity index (χ1v) is 11.5.